The number of anilines is 1. The maximum atomic E-state index is 13.1. The van der Waals surface area contributed by atoms with Crippen LogP contribution in [0, 0.1) is 0 Å². The van der Waals surface area contributed by atoms with Crippen LogP contribution in [0.25, 0.3) is 0 Å². The summed E-state index contributed by atoms with van der Waals surface area (Å²) in [5, 5.41) is 7.97. The second-order valence-corrected chi connectivity index (χ2v) is 9.82. The zero-order valence-corrected chi connectivity index (χ0v) is 17.3. The molecule has 4 heterocycles. The average Bonchev–Trinajstić information content (AvgIpc) is 3.13. The fourth-order valence-electron chi connectivity index (χ4n) is 3.84. The van der Waals surface area contributed by atoms with Crippen molar-refractivity contribution >= 4 is 15.8 Å². The molecule has 0 saturated carbocycles. The predicted molar refractivity (Wildman–Crippen MR) is 107 cm³/mol. The summed E-state index contributed by atoms with van der Waals surface area (Å²) in [5.74, 6) is 2.60. The molecule has 1 atom stereocenters. The van der Waals surface area contributed by atoms with Gasteiger partial charge in [-0.05, 0) is 31.4 Å². The van der Waals surface area contributed by atoms with Gasteiger partial charge >= 0.3 is 0 Å². The topological polar surface area (TPSA) is 93.0 Å². The van der Waals surface area contributed by atoms with Gasteiger partial charge in [-0.1, -0.05) is 20.3 Å². The number of aromatic nitrogens is 4. The van der Waals surface area contributed by atoms with Crippen LogP contribution >= 0.6 is 0 Å². The lowest BCUT2D eigenvalue weighted by Crippen LogP contribution is -2.37. The Morgan fingerprint density at radius 3 is 2.75 bits per heavy atom. The number of hydrogen-bond acceptors (Lipinski definition) is 6. The summed E-state index contributed by atoms with van der Waals surface area (Å²) in [4.78, 5) is 9.24. The molecule has 9 heteroatoms. The Balaban J connectivity index is 1.54. The van der Waals surface area contributed by atoms with Crippen molar-refractivity contribution in [1.82, 2.24) is 24.1 Å². The van der Waals surface area contributed by atoms with Crippen molar-refractivity contribution in [1.29, 1.82) is 0 Å². The first kappa shape index (κ1) is 19.3. The molecular formula is C19H28N6O2S. The Bertz CT molecular complexity index is 934. The Morgan fingerprint density at radius 1 is 1.21 bits per heavy atom. The van der Waals surface area contributed by atoms with Crippen LogP contribution in [0.15, 0.2) is 23.2 Å². The maximum Gasteiger partial charge on any atom is 0.246 e. The SMILES string of the molecule is CC(C)c1nc2n(n1)CC(Nc1ncccc1S(=O)(=O)N1CCCCC1)CC2. The van der Waals surface area contributed by atoms with Gasteiger partial charge in [0.2, 0.25) is 10.0 Å². The van der Waals surface area contributed by atoms with E-state index in [2.05, 4.69) is 34.2 Å². The van der Waals surface area contributed by atoms with E-state index in [1.54, 1.807) is 22.6 Å². The van der Waals surface area contributed by atoms with E-state index in [0.717, 1.165) is 43.8 Å². The summed E-state index contributed by atoms with van der Waals surface area (Å²) < 4.78 is 29.8. The summed E-state index contributed by atoms with van der Waals surface area (Å²) in [7, 11) is -3.54. The van der Waals surface area contributed by atoms with Gasteiger partial charge in [0.15, 0.2) is 5.82 Å². The van der Waals surface area contributed by atoms with Crippen molar-refractivity contribution in [2.45, 2.75) is 69.4 Å². The predicted octanol–water partition coefficient (Wildman–Crippen LogP) is 2.40. The standard InChI is InChI=1S/C19H28N6O2S/c1-14(2)18-22-17-9-8-15(13-25(17)23-18)21-19-16(7-6-10-20-19)28(26,27)24-11-4-3-5-12-24/h6-7,10,14-15H,3-5,8-9,11-13H2,1-2H3,(H,20,21). The molecule has 2 aliphatic rings. The quantitative estimate of drug-likeness (QED) is 0.823. The first-order chi connectivity index (χ1) is 13.4. The van der Waals surface area contributed by atoms with Crippen LogP contribution in [-0.2, 0) is 23.0 Å². The number of fused-ring (bicyclic) bond motifs is 1. The van der Waals surface area contributed by atoms with Crippen molar-refractivity contribution in [3.63, 3.8) is 0 Å². The molecule has 1 saturated heterocycles. The van der Waals surface area contributed by atoms with Crippen LogP contribution in [0.1, 0.15) is 57.1 Å². The van der Waals surface area contributed by atoms with E-state index in [1.165, 1.54) is 0 Å². The molecule has 0 aromatic carbocycles. The van der Waals surface area contributed by atoms with Crippen molar-refractivity contribution in [3.8, 4) is 0 Å². The third-order valence-electron chi connectivity index (χ3n) is 5.44. The van der Waals surface area contributed by atoms with Crippen molar-refractivity contribution in [3.05, 3.63) is 30.0 Å². The highest BCUT2D eigenvalue weighted by Crippen LogP contribution is 2.27. The van der Waals surface area contributed by atoms with Gasteiger partial charge in [-0.3, -0.25) is 0 Å². The summed E-state index contributed by atoms with van der Waals surface area (Å²) in [6.07, 6.45) is 6.24. The number of rotatable bonds is 5. The summed E-state index contributed by atoms with van der Waals surface area (Å²) in [6, 6.07) is 3.41. The molecule has 2 aromatic rings. The smallest absolute Gasteiger partial charge is 0.246 e. The molecule has 8 nitrogen and oxygen atoms in total. The van der Waals surface area contributed by atoms with Gasteiger partial charge in [-0.25, -0.2) is 23.1 Å². The maximum absolute atomic E-state index is 13.1. The van der Waals surface area contributed by atoms with E-state index >= 15 is 0 Å². The second-order valence-electron chi connectivity index (χ2n) is 7.92. The van der Waals surface area contributed by atoms with E-state index in [4.69, 9.17) is 0 Å². The van der Waals surface area contributed by atoms with Crippen LogP contribution in [0.3, 0.4) is 0 Å². The highest BCUT2D eigenvalue weighted by atomic mass is 32.2. The van der Waals surface area contributed by atoms with Gasteiger partial charge in [-0.15, -0.1) is 0 Å². The Hall–Kier alpha value is -2.00. The molecule has 28 heavy (non-hydrogen) atoms. The average molecular weight is 405 g/mol. The van der Waals surface area contributed by atoms with Crippen molar-refractivity contribution in [2.75, 3.05) is 18.4 Å². The molecule has 2 aliphatic heterocycles. The molecule has 152 valence electrons. The molecule has 0 amide bonds. The number of nitrogens with zero attached hydrogens (tertiary/aromatic N) is 5. The lowest BCUT2D eigenvalue weighted by molar-refractivity contribution is 0.346. The van der Waals surface area contributed by atoms with Gasteiger partial charge in [0.1, 0.15) is 16.5 Å². The fraction of sp³-hybridized carbons (Fsp3) is 0.632. The highest BCUT2D eigenvalue weighted by molar-refractivity contribution is 7.89. The van der Waals surface area contributed by atoms with Gasteiger partial charge in [0.05, 0.1) is 6.54 Å². The van der Waals surface area contributed by atoms with Crippen LogP contribution < -0.4 is 5.32 Å². The fourth-order valence-corrected chi connectivity index (χ4v) is 5.46. The molecule has 0 radical (unpaired) electrons. The number of piperidine rings is 1. The molecule has 1 fully saturated rings. The molecule has 0 bridgehead atoms. The van der Waals surface area contributed by atoms with Gasteiger partial charge < -0.3 is 5.32 Å². The van der Waals surface area contributed by atoms with Crippen molar-refractivity contribution < 1.29 is 8.42 Å². The lowest BCUT2D eigenvalue weighted by Gasteiger charge is -2.28. The van der Waals surface area contributed by atoms with Crippen LogP contribution in [-0.4, -0.2) is 51.6 Å². The van der Waals surface area contributed by atoms with Gasteiger partial charge in [0.25, 0.3) is 0 Å². The Morgan fingerprint density at radius 2 is 2.00 bits per heavy atom. The molecule has 0 spiro atoms. The monoisotopic (exact) mass is 404 g/mol. The van der Waals surface area contributed by atoms with Gasteiger partial charge in [0, 0.05) is 37.7 Å². The zero-order chi connectivity index (χ0) is 19.7. The second kappa shape index (κ2) is 7.79. The molecular weight excluding hydrogens is 376 g/mol. The molecule has 2 aromatic heterocycles. The first-order valence-corrected chi connectivity index (χ1v) is 11.5. The van der Waals surface area contributed by atoms with E-state index in [-0.39, 0.29) is 10.9 Å². The summed E-state index contributed by atoms with van der Waals surface area (Å²) in [5.41, 5.74) is 0. The molecule has 1 unspecified atom stereocenters. The number of sulfonamides is 1. The Labute approximate surface area is 166 Å². The number of aryl methyl sites for hydroxylation is 1. The zero-order valence-electron chi connectivity index (χ0n) is 16.5. The number of pyridine rings is 1. The van der Waals surface area contributed by atoms with E-state index in [9.17, 15) is 8.42 Å². The third-order valence-corrected chi connectivity index (χ3v) is 7.37. The third kappa shape index (κ3) is 3.77. The minimum absolute atomic E-state index is 0.0689. The molecule has 0 aliphatic carbocycles. The number of nitrogens with one attached hydrogen (secondary N) is 1. The highest BCUT2D eigenvalue weighted by Gasteiger charge is 2.30. The van der Waals surface area contributed by atoms with Crippen LogP contribution in [0.2, 0.25) is 0 Å². The normalized spacial score (nSPS) is 20.9. The minimum atomic E-state index is -3.54. The summed E-state index contributed by atoms with van der Waals surface area (Å²) >= 11 is 0. The minimum Gasteiger partial charge on any atom is -0.364 e. The van der Waals surface area contributed by atoms with E-state index in [0.29, 0.717) is 31.4 Å². The molecule has 4 rings (SSSR count). The van der Waals surface area contributed by atoms with Crippen LogP contribution in [0.4, 0.5) is 5.82 Å². The molecule has 1 N–H and O–H groups in total. The first-order valence-electron chi connectivity index (χ1n) is 10.1. The van der Waals surface area contributed by atoms with E-state index < -0.39 is 10.0 Å². The van der Waals surface area contributed by atoms with E-state index in [1.807, 2.05) is 4.68 Å². The lowest BCUT2D eigenvalue weighted by atomic mass is 10.1. The number of hydrogen-bond donors (Lipinski definition) is 1. The summed E-state index contributed by atoms with van der Waals surface area (Å²) in [6.45, 7) is 6.00. The van der Waals surface area contributed by atoms with Gasteiger partial charge in [-0.2, -0.15) is 9.40 Å². The Kier molecular flexibility index (Phi) is 5.37. The van der Waals surface area contributed by atoms with Crippen molar-refractivity contribution in [2.24, 2.45) is 0 Å². The largest absolute Gasteiger partial charge is 0.364 e. The van der Waals surface area contributed by atoms with Crippen LogP contribution in [0.5, 0.6) is 0 Å².